The van der Waals surface area contributed by atoms with Crippen LogP contribution < -0.4 is 4.72 Å². The second-order valence-electron chi connectivity index (χ2n) is 6.20. The molecular weight excluding hydrogens is 383 g/mol. The van der Waals surface area contributed by atoms with Crippen molar-refractivity contribution in [3.05, 3.63) is 65.2 Å². The summed E-state index contributed by atoms with van der Waals surface area (Å²) in [5.74, 6) is -0.823. The minimum Gasteiger partial charge on any atom is -0.457 e. The molecule has 0 unspecified atom stereocenters. The maximum Gasteiger partial charge on any atom is 0.416 e. The molecule has 1 N–H and O–H groups in total. The van der Waals surface area contributed by atoms with Gasteiger partial charge >= 0.3 is 12.1 Å². The lowest BCUT2D eigenvalue weighted by Crippen LogP contribution is -2.25. The molecule has 0 bridgehead atoms. The van der Waals surface area contributed by atoms with E-state index in [1.807, 2.05) is 0 Å². The summed E-state index contributed by atoms with van der Waals surface area (Å²) in [5, 5.41) is 0. The van der Waals surface area contributed by atoms with Crippen molar-refractivity contribution in [1.82, 2.24) is 4.72 Å². The largest absolute Gasteiger partial charge is 0.457 e. The first kappa shape index (κ1) is 19.4. The van der Waals surface area contributed by atoms with Crippen molar-refractivity contribution in [1.29, 1.82) is 0 Å². The number of carbonyl (C=O) groups is 1. The highest BCUT2D eigenvalue weighted by Gasteiger charge is 2.30. The Balaban J connectivity index is 1.69. The number of hydrogen-bond donors (Lipinski definition) is 1. The Bertz CT molecular complexity index is 953. The van der Waals surface area contributed by atoms with Gasteiger partial charge in [-0.2, -0.15) is 13.2 Å². The van der Waals surface area contributed by atoms with Crippen LogP contribution in [0.15, 0.2) is 53.4 Å². The highest BCUT2D eigenvalue weighted by molar-refractivity contribution is 7.89. The Morgan fingerprint density at radius 1 is 1.11 bits per heavy atom. The Hall–Kier alpha value is -2.39. The van der Waals surface area contributed by atoms with Crippen LogP contribution in [0, 0.1) is 0 Å². The normalized spacial score (nSPS) is 14.8. The van der Waals surface area contributed by atoms with Crippen LogP contribution in [0.25, 0.3) is 0 Å². The van der Waals surface area contributed by atoms with E-state index in [2.05, 4.69) is 4.72 Å². The Labute approximate surface area is 154 Å². The maximum absolute atomic E-state index is 12.7. The van der Waals surface area contributed by atoms with Gasteiger partial charge in [-0.05, 0) is 48.7 Å². The van der Waals surface area contributed by atoms with Gasteiger partial charge in [-0.25, -0.2) is 17.9 Å². The summed E-state index contributed by atoms with van der Waals surface area (Å²) in [5.41, 5.74) is -0.659. The summed E-state index contributed by atoms with van der Waals surface area (Å²) in [6, 6.07) is 9.69. The van der Waals surface area contributed by atoms with Gasteiger partial charge in [0.15, 0.2) is 0 Å². The number of benzene rings is 2. The zero-order chi connectivity index (χ0) is 19.7. The summed E-state index contributed by atoms with van der Waals surface area (Å²) in [7, 11) is -3.72. The molecule has 0 heterocycles. The summed E-state index contributed by atoms with van der Waals surface area (Å²) >= 11 is 0. The second kappa shape index (κ2) is 7.32. The van der Waals surface area contributed by atoms with Crippen molar-refractivity contribution >= 4 is 16.0 Å². The standard InChI is InChI=1S/C18H16F3NO4S/c19-18(20,21)14-5-1-3-12(9-14)11-26-17(23)13-4-2-6-16(10-13)27(24,25)22-15-7-8-15/h1-6,9-10,15,22H,7-8,11H2. The predicted octanol–water partition coefficient (Wildman–Crippen LogP) is 3.50. The lowest BCUT2D eigenvalue weighted by atomic mass is 10.1. The van der Waals surface area contributed by atoms with Gasteiger partial charge in [0.25, 0.3) is 0 Å². The fourth-order valence-corrected chi connectivity index (χ4v) is 3.70. The molecule has 0 aliphatic heterocycles. The average Bonchev–Trinajstić information content (AvgIpc) is 3.42. The zero-order valence-electron chi connectivity index (χ0n) is 14.0. The van der Waals surface area contributed by atoms with Crippen LogP contribution in [0.4, 0.5) is 13.2 Å². The highest BCUT2D eigenvalue weighted by Crippen LogP contribution is 2.29. The van der Waals surface area contributed by atoms with Crippen LogP contribution in [0.5, 0.6) is 0 Å². The first-order valence-electron chi connectivity index (χ1n) is 8.11. The number of alkyl halides is 3. The molecule has 0 saturated heterocycles. The lowest BCUT2D eigenvalue weighted by molar-refractivity contribution is -0.137. The summed E-state index contributed by atoms with van der Waals surface area (Å²) in [4.78, 5) is 12.1. The van der Waals surface area contributed by atoms with Crippen LogP contribution in [-0.2, 0) is 27.5 Å². The second-order valence-corrected chi connectivity index (χ2v) is 7.91. The maximum atomic E-state index is 12.7. The first-order chi connectivity index (χ1) is 12.6. The van der Waals surface area contributed by atoms with E-state index >= 15 is 0 Å². The minimum absolute atomic E-state index is 0.000600. The predicted molar refractivity (Wildman–Crippen MR) is 90.3 cm³/mol. The Morgan fingerprint density at radius 2 is 1.81 bits per heavy atom. The van der Waals surface area contributed by atoms with Crippen LogP contribution in [-0.4, -0.2) is 20.4 Å². The Morgan fingerprint density at radius 3 is 2.48 bits per heavy atom. The van der Waals surface area contributed by atoms with E-state index in [0.29, 0.717) is 0 Å². The van der Waals surface area contributed by atoms with Crippen molar-refractivity contribution in [2.24, 2.45) is 0 Å². The van der Waals surface area contributed by atoms with Gasteiger partial charge in [-0.15, -0.1) is 0 Å². The van der Waals surface area contributed by atoms with E-state index in [-0.39, 0.29) is 28.7 Å². The van der Waals surface area contributed by atoms with Crippen LogP contribution >= 0.6 is 0 Å². The van der Waals surface area contributed by atoms with Gasteiger partial charge < -0.3 is 4.74 Å². The molecule has 144 valence electrons. The minimum atomic E-state index is -4.49. The third kappa shape index (κ3) is 5.08. The van der Waals surface area contributed by atoms with Crippen molar-refractivity contribution in [2.75, 3.05) is 0 Å². The molecule has 1 aliphatic rings. The topological polar surface area (TPSA) is 72.5 Å². The number of nitrogens with one attached hydrogen (secondary N) is 1. The molecule has 0 atom stereocenters. The summed E-state index contributed by atoms with van der Waals surface area (Å²) in [6.07, 6.45) is -2.94. The van der Waals surface area contributed by atoms with Crippen molar-refractivity contribution < 1.29 is 31.1 Å². The number of rotatable bonds is 6. The van der Waals surface area contributed by atoms with Gasteiger partial charge in [0, 0.05) is 6.04 Å². The molecular formula is C18H16F3NO4S. The molecule has 27 heavy (non-hydrogen) atoms. The monoisotopic (exact) mass is 399 g/mol. The fraction of sp³-hybridized carbons (Fsp3) is 0.278. The average molecular weight is 399 g/mol. The quantitative estimate of drug-likeness (QED) is 0.755. The molecule has 5 nitrogen and oxygen atoms in total. The zero-order valence-corrected chi connectivity index (χ0v) is 14.8. The van der Waals surface area contributed by atoms with Gasteiger partial charge in [0.2, 0.25) is 10.0 Å². The third-order valence-corrected chi connectivity index (χ3v) is 5.42. The number of ether oxygens (including phenoxy) is 1. The van der Waals surface area contributed by atoms with Gasteiger partial charge in [0.05, 0.1) is 16.0 Å². The molecule has 0 spiro atoms. The molecule has 0 aromatic heterocycles. The number of esters is 1. The molecule has 2 aromatic rings. The molecule has 1 saturated carbocycles. The van der Waals surface area contributed by atoms with E-state index in [1.165, 1.54) is 36.4 Å². The molecule has 1 fully saturated rings. The summed E-state index contributed by atoms with van der Waals surface area (Å²) in [6.45, 7) is -0.361. The number of sulfonamides is 1. The van der Waals surface area contributed by atoms with Crippen molar-refractivity contribution in [2.45, 2.75) is 36.6 Å². The van der Waals surface area contributed by atoms with E-state index < -0.39 is 27.7 Å². The van der Waals surface area contributed by atoms with Gasteiger partial charge in [-0.1, -0.05) is 18.2 Å². The molecule has 2 aromatic carbocycles. The van der Waals surface area contributed by atoms with Gasteiger partial charge in [0.1, 0.15) is 6.61 Å². The first-order valence-corrected chi connectivity index (χ1v) is 9.59. The van der Waals surface area contributed by atoms with Crippen LogP contribution in [0.3, 0.4) is 0 Å². The number of carbonyl (C=O) groups excluding carboxylic acids is 1. The Kier molecular flexibility index (Phi) is 5.25. The van der Waals surface area contributed by atoms with E-state index in [4.69, 9.17) is 4.74 Å². The molecule has 0 radical (unpaired) electrons. The van der Waals surface area contributed by atoms with Crippen molar-refractivity contribution in [3.8, 4) is 0 Å². The van der Waals surface area contributed by atoms with Crippen molar-refractivity contribution in [3.63, 3.8) is 0 Å². The van der Waals surface area contributed by atoms with Crippen LogP contribution in [0.1, 0.15) is 34.3 Å². The van der Waals surface area contributed by atoms with E-state index in [0.717, 1.165) is 25.0 Å². The SMILES string of the molecule is O=C(OCc1cccc(C(F)(F)F)c1)c1cccc(S(=O)(=O)NC2CC2)c1. The number of halogens is 3. The number of hydrogen-bond acceptors (Lipinski definition) is 4. The van der Waals surface area contributed by atoms with E-state index in [9.17, 15) is 26.4 Å². The molecule has 9 heteroatoms. The fourth-order valence-electron chi connectivity index (χ4n) is 2.35. The smallest absolute Gasteiger partial charge is 0.416 e. The molecule has 3 rings (SSSR count). The molecule has 1 aliphatic carbocycles. The summed E-state index contributed by atoms with van der Waals surface area (Å²) < 4.78 is 70.1. The molecule has 0 amide bonds. The van der Waals surface area contributed by atoms with Gasteiger partial charge in [-0.3, -0.25) is 0 Å². The van der Waals surface area contributed by atoms with Crippen LogP contribution in [0.2, 0.25) is 0 Å². The van der Waals surface area contributed by atoms with E-state index in [1.54, 1.807) is 0 Å². The third-order valence-electron chi connectivity index (χ3n) is 3.90. The highest BCUT2D eigenvalue weighted by atomic mass is 32.2. The lowest BCUT2D eigenvalue weighted by Gasteiger charge is -2.10.